The van der Waals surface area contributed by atoms with Gasteiger partial charge in [0, 0.05) is 12.1 Å². The molecular formula is C23H30N2. The molecule has 0 aliphatic heterocycles. The molecule has 2 aromatic rings. The Morgan fingerprint density at radius 1 is 0.880 bits per heavy atom. The minimum absolute atomic E-state index is 0.0578. The van der Waals surface area contributed by atoms with Crippen LogP contribution in [0, 0.1) is 11.3 Å². The van der Waals surface area contributed by atoms with Gasteiger partial charge in [-0.25, -0.2) is 0 Å². The van der Waals surface area contributed by atoms with Crippen LogP contribution in [-0.2, 0) is 0 Å². The number of nitrogens with zero attached hydrogens (tertiary/aromatic N) is 2. The molecule has 2 nitrogen and oxygen atoms in total. The highest BCUT2D eigenvalue weighted by molar-refractivity contribution is 5.68. The smallest absolute Gasteiger partial charge is 0.0719 e. The van der Waals surface area contributed by atoms with Gasteiger partial charge in [0.1, 0.15) is 0 Å². The number of rotatable bonds is 8. The van der Waals surface area contributed by atoms with Crippen LogP contribution in [0.3, 0.4) is 0 Å². The quantitative estimate of drug-likeness (QED) is 0.604. The molecule has 0 aliphatic rings. The van der Waals surface area contributed by atoms with E-state index < -0.39 is 0 Å². The lowest BCUT2D eigenvalue weighted by Crippen LogP contribution is -2.37. The van der Waals surface area contributed by atoms with E-state index in [1.165, 1.54) is 11.1 Å². The maximum Gasteiger partial charge on any atom is 0.0719 e. The third-order valence-electron chi connectivity index (χ3n) is 4.81. The molecule has 0 bridgehead atoms. The van der Waals surface area contributed by atoms with Gasteiger partial charge in [-0.1, -0.05) is 54.6 Å². The molecule has 2 rings (SSSR count). The van der Waals surface area contributed by atoms with E-state index in [0.29, 0.717) is 12.1 Å². The highest BCUT2D eigenvalue weighted by Crippen LogP contribution is 2.31. The second-order valence-electron chi connectivity index (χ2n) is 7.20. The number of hydrogen-bond donors (Lipinski definition) is 0. The summed E-state index contributed by atoms with van der Waals surface area (Å²) in [6.45, 7) is 10.0. The SMILES string of the molecule is CC(C)N(CCCC(C#N)c1ccccc1-c1ccccc1)C(C)C. The van der Waals surface area contributed by atoms with Crippen molar-refractivity contribution in [2.75, 3.05) is 6.54 Å². The molecule has 0 aromatic heterocycles. The summed E-state index contributed by atoms with van der Waals surface area (Å²) < 4.78 is 0. The van der Waals surface area contributed by atoms with E-state index >= 15 is 0 Å². The minimum atomic E-state index is -0.0578. The molecule has 0 saturated heterocycles. The Balaban J connectivity index is 2.13. The van der Waals surface area contributed by atoms with Crippen molar-refractivity contribution in [3.8, 4) is 17.2 Å². The van der Waals surface area contributed by atoms with Crippen LogP contribution < -0.4 is 0 Å². The van der Waals surface area contributed by atoms with E-state index in [1.807, 2.05) is 12.1 Å². The van der Waals surface area contributed by atoms with E-state index in [2.05, 4.69) is 81.1 Å². The van der Waals surface area contributed by atoms with Crippen molar-refractivity contribution in [2.45, 2.75) is 58.5 Å². The summed E-state index contributed by atoms with van der Waals surface area (Å²) in [4.78, 5) is 2.50. The van der Waals surface area contributed by atoms with Crippen molar-refractivity contribution in [2.24, 2.45) is 0 Å². The molecule has 1 atom stereocenters. The first-order valence-electron chi connectivity index (χ1n) is 9.34. The summed E-state index contributed by atoms with van der Waals surface area (Å²) in [6, 6.07) is 22.3. The molecule has 25 heavy (non-hydrogen) atoms. The summed E-state index contributed by atoms with van der Waals surface area (Å²) in [5.74, 6) is -0.0578. The van der Waals surface area contributed by atoms with Crippen LogP contribution >= 0.6 is 0 Å². The van der Waals surface area contributed by atoms with Crippen molar-refractivity contribution in [1.82, 2.24) is 4.90 Å². The van der Waals surface area contributed by atoms with Crippen molar-refractivity contribution < 1.29 is 0 Å². The van der Waals surface area contributed by atoms with Gasteiger partial charge in [0.15, 0.2) is 0 Å². The van der Waals surface area contributed by atoms with Crippen LogP contribution in [0.1, 0.15) is 52.0 Å². The Labute approximate surface area is 153 Å². The minimum Gasteiger partial charge on any atom is -0.299 e. The average Bonchev–Trinajstić information content (AvgIpc) is 2.62. The van der Waals surface area contributed by atoms with Gasteiger partial charge in [-0.3, -0.25) is 4.90 Å². The number of benzene rings is 2. The van der Waals surface area contributed by atoms with Gasteiger partial charge in [0.05, 0.1) is 12.0 Å². The Kier molecular flexibility index (Phi) is 7.22. The van der Waals surface area contributed by atoms with Crippen LogP contribution in [0.5, 0.6) is 0 Å². The van der Waals surface area contributed by atoms with Gasteiger partial charge < -0.3 is 0 Å². The standard InChI is InChI=1S/C23H30N2/c1-18(2)25(19(3)4)16-10-13-21(17-24)23-15-9-8-14-22(23)20-11-6-5-7-12-20/h5-9,11-12,14-15,18-19,21H,10,13,16H2,1-4H3. The zero-order chi connectivity index (χ0) is 18.2. The molecule has 0 aliphatic carbocycles. The van der Waals surface area contributed by atoms with Crippen LogP contribution in [0.15, 0.2) is 54.6 Å². The van der Waals surface area contributed by atoms with E-state index in [1.54, 1.807) is 0 Å². The second-order valence-corrected chi connectivity index (χ2v) is 7.20. The van der Waals surface area contributed by atoms with E-state index in [9.17, 15) is 5.26 Å². The van der Waals surface area contributed by atoms with Gasteiger partial charge in [-0.05, 0) is 63.8 Å². The lowest BCUT2D eigenvalue weighted by atomic mass is 9.88. The largest absolute Gasteiger partial charge is 0.299 e. The normalized spacial score (nSPS) is 12.6. The molecule has 2 heteroatoms. The molecule has 0 radical (unpaired) electrons. The fraction of sp³-hybridized carbons (Fsp3) is 0.435. The first-order valence-corrected chi connectivity index (χ1v) is 9.34. The Bertz CT molecular complexity index is 675. The first-order chi connectivity index (χ1) is 12.0. The molecule has 0 saturated carbocycles. The highest BCUT2D eigenvalue weighted by atomic mass is 15.2. The molecule has 132 valence electrons. The van der Waals surface area contributed by atoms with Crippen LogP contribution in [0.2, 0.25) is 0 Å². The lowest BCUT2D eigenvalue weighted by Gasteiger charge is -2.30. The van der Waals surface area contributed by atoms with Crippen LogP contribution in [-0.4, -0.2) is 23.5 Å². The van der Waals surface area contributed by atoms with Gasteiger partial charge in [-0.15, -0.1) is 0 Å². The molecule has 0 amide bonds. The van der Waals surface area contributed by atoms with Crippen molar-refractivity contribution in [1.29, 1.82) is 5.26 Å². The van der Waals surface area contributed by atoms with Crippen molar-refractivity contribution in [3.05, 3.63) is 60.2 Å². The Morgan fingerprint density at radius 2 is 1.48 bits per heavy atom. The summed E-state index contributed by atoms with van der Waals surface area (Å²) >= 11 is 0. The lowest BCUT2D eigenvalue weighted by molar-refractivity contribution is 0.171. The van der Waals surface area contributed by atoms with E-state index in [-0.39, 0.29) is 5.92 Å². The summed E-state index contributed by atoms with van der Waals surface area (Å²) in [5, 5.41) is 9.77. The fourth-order valence-corrected chi connectivity index (χ4v) is 3.56. The first kappa shape index (κ1) is 19.2. The predicted octanol–water partition coefficient (Wildman–Crippen LogP) is 5.86. The monoisotopic (exact) mass is 334 g/mol. The number of nitriles is 1. The summed E-state index contributed by atoms with van der Waals surface area (Å²) in [6.07, 6.45) is 1.94. The van der Waals surface area contributed by atoms with E-state index in [0.717, 1.165) is 24.9 Å². The topological polar surface area (TPSA) is 27.0 Å². The maximum atomic E-state index is 9.77. The summed E-state index contributed by atoms with van der Waals surface area (Å²) in [7, 11) is 0. The van der Waals surface area contributed by atoms with Crippen molar-refractivity contribution >= 4 is 0 Å². The van der Waals surface area contributed by atoms with Gasteiger partial charge in [0.25, 0.3) is 0 Å². The highest BCUT2D eigenvalue weighted by Gasteiger charge is 2.17. The maximum absolute atomic E-state index is 9.77. The average molecular weight is 335 g/mol. The third kappa shape index (κ3) is 5.18. The van der Waals surface area contributed by atoms with Crippen LogP contribution in [0.4, 0.5) is 0 Å². The number of hydrogen-bond acceptors (Lipinski definition) is 2. The zero-order valence-electron chi connectivity index (χ0n) is 15.9. The zero-order valence-corrected chi connectivity index (χ0v) is 15.9. The molecule has 1 unspecified atom stereocenters. The molecule has 2 aromatic carbocycles. The second kappa shape index (κ2) is 9.39. The molecular weight excluding hydrogens is 304 g/mol. The van der Waals surface area contributed by atoms with Gasteiger partial charge in [0.2, 0.25) is 0 Å². The molecule has 0 spiro atoms. The summed E-state index contributed by atoms with van der Waals surface area (Å²) in [5.41, 5.74) is 3.51. The van der Waals surface area contributed by atoms with Crippen LogP contribution in [0.25, 0.3) is 11.1 Å². The molecule has 0 heterocycles. The molecule has 0 fully saturated rings. The van der Waals surface area contributed by atoms with Crippen molar-refractivity contribution in [3.63, 3.8) is 0 Å². The Hall–Kier alpha value is -2.11. The predicted molar refractivity (Wildman–Crippen MR) is 106 cm³/mol. The van der Waals surface area contributed by atoms with Gasteiger partial charge >= 0.3 is 0 Å². The third-order valence-corrected chi connectivity index (χ3v) is 4.81. The van der Waals surface area contributed by atoms with Gasteiger partial charge in [-0.2, -0.15) is 5.26 Å². The fourth-order valence-electron chi connectivity index (χ4n) is 3.56. The Morgan fingerprint density at radius 3 is 2.08 bits per heavy atom. The molecule has 0 N–H and O–H groups in total. The van der Waals surface area contributed by atoms with E-state index in [4.69, 9.17) is 0 Å².